The lowest BCUT2D eigenvalue weighted by Gasteiger charge is -2.08. The highest BCUT2D eigenvalue weighted by molar-refractivity contribution is 5.87. The Labute approximate surface area is 187 Å². The average Bonchev–Trinajstić information content (AvgIpc) is 2.77. The van der Waals surface area contributed by atoms with Crippen LogP contribution < -0.4 is 15.4 Å². The molecule has 8 heteroatoms. The number of benzene rings is 2. The summed E-state index contributed by atoms with van der Waals surface area (Å²) in [5.74, 6) is 0.0452. The SMILES string of the molecule is C=C(C)C(=O)OCCCOC(=O)NCCCCCNC(=O)Oc1ccc2ccccc2c1. The summed E-state index contributed by atoms with van der Waals surface area (Å²) in [6.45, 7) is 6.35. The summed E-state index contributed by atoms with van der Waals surface area (Å²) in [6.07, 6.45) is 1.77. The predicted molar refractivity (Wildman–Crippen MR) is 122 cm³/mol. The van der Waals surface area contributed by atoms with E-state index in [9.17, 15) is 14.4 Å². The van der Waals surface area contributed by atoms with Crippen molar-refractivity contribution in [3.8, 4) is 5.75 Å². The Balaban J connectivity index is 1.46. The summed E-state index contributed by atoms with van der Waals surface area (Å²) in [5, 5.41) is 7.47. The van der Waals surface area contributed by atoms with E-state index in [4.69, 9.17) is 14.2 Å². The molecule has 0 saturated carbocycles. The molecule has 2 amide bonds. The Hall–Kier alpha value is -3.55. The van der Waals surface area contributed by atoms with Gasteiger partial charge >= 0.3 is 18.2 Å². The molecule has 172 valence electrons. The molecule has 0 unspecified atom stereocenters. The van der Waals surface area contributed by atoms with Gasteiger partial charge in [0, 0.05) is 25.1 Å². The van der Waals surface area contributed by atoms with Crippen LogP contribution in [0.2, 0.25) is 0 Å². The number of hydrogen-bond donors (Lipinski definition) is 2. The molecule has 8 nitrogen and oxygen atoms in total. The van der Waals surface area contributed by atoms with Gasteiger partial charge in [-0.05, 0) is 49.1 Å². The normalized spacial score (nSPS) is 10.3. The van der Waals surface area contributed by atoms with Gasteiger partial charge in [-0.2, -0.15) is 0 Å². The van der Waals surface area contributed by atoms with E-state index in [1.165, 1.54) is 0 Å². The number of esters is 1. The first-order valence-corrected chi connectivity index (χ1v) is 10.6. The van der Waals surface area contributed by atoms with Crippen molar-refractivity contribution < 1.29 is 28.6 Å². The molecule has 2 aromatic carbocycles. The van der Waals surface area contributed by atoms with Crippen molar-refractivity contribution in [3.63, 3.8) is 0 Å². The zero-order valence-corrected chi connectivity index (χ0v) is 18.4. The molecule has 0 aliphatic rings. The summed E-state index contributed by atoms with van der Waals surface area (Å²) >= 11 is 0. The van der Waals surface area contributed by atoms with Gasteiger partial charge in [0.25, 0.3) is 0 Å². The Morgan fingerprint density at radius 2 is 1.47 bits per heavy atom. The van der Waals surface area contributed by atoms with Crippen molar-refractivity contribution in [1.82, 2.24) is 10.6 Å². The quantitative estimate of drug-likeness (QED) is 0.288. The van der Waals surface area contributed by atoms with Crippen LogP contribution >= 0.6 is 0 Å². The Morgan fingerprint density at radius 1 is 0.812 bits per heavy atom. The van der Waals surface area contributed by atoms with Crippen LogP contribution in [0.25, 0.3) is 10.8 Å². The van der Waals surface area contributed by atoms with Crippen LogP contribution in [-0.4, -0.2) is 44.5 Å². The van der Waals surface area contributed by atoms with E-state index in [0.717, 1.165) is 30.0 Å². The highest BCUT2D eigenvalue weighted by Crippen LogP contribution is 2.20. The summed E-state index contributed by atoms with van der Waals surface area (Å²) in [6, 6.07) is 13.4. The molecule has 0 aliphatic heterocycles. The molecule has 0 heterocycles. The van der Waals surface area contributed by atoms with E-state index < -0.39 is 18.2 Å². The van der Waals surface area contributed by atoms with Gasteiger partial charge in [0.05, 0.1) is 13.2 Å². The monoisotopic (exact) mass is 442 g/mol. The third kappa shape index (κ3) is 9.51. The lowest BCUT2D eigenvalue weighted by molar-refractivity contribution is -0.139. The van der Waals surface area contributed by atoms with Gasteiger partial charge in [-0.25, -0.2) is 14.4 Å². The molecular weight excluding hydrogens is 412 g/mol. The number of amides is 2. The van der Waals surface area contributed by atoms with Crippen molar-refractivity contribution in [1.29, 1.82) is 0 Å². The van der Waals surface area contributed by atoms with Gasteiger partial charge in [-0.15, -0.1) is 0 Å². The van der Waals surface area contributed by atoms with E-state index in [1.807, 2.05) is 36.4 Å². The number of carbonyl (C=O) groups excluding carboxylic acids is 3. The van der Waals surface area contributed by atoms with E-state index >= 15 is 0 Å². The average molecular weight is 443 g/mol. The van der Waals surface area contributed by atoms with E-state index in [-0.39, 0.29) is 13.2 Å². The summed E-state index contributed by atoms with van der Waals surface area (Å²) in [4.78, 5) is 34.6. The van der Waals surface area contributed by atoms with Crippen LogP contribution in [0, 0.1) is 0 Å². The fraction of sp³-hybridized carbons (Fsp3) is 0.375. The van der Waals surface area contributed by atoms with Crippen LogP contribution in [0.5, 0.6) is 5.75 Å². The molecule has 2 aromatic rings. The third-order valence-corrected chi connectivity index (χ3v) is 4.43. The van der Waals surface area contributed by atoms with Crippen molar-refractivity contribution in [2.75, 3.05) is 26.3 Å². The molecule has 2 N–H and O–H groups in total. The minimum Gasteiger partial charge on any atom is -0.462 e. The second kappa shape index (κ2) is 13.7. The second-order valence-corrected chi connectivity index (χ2v) is 7.22. The number of fused-ring (bicyclic) bond motifs is 1. The molecular formula is C24H30N2O6. The molecule has 0 spiro atoms. The largest absolute Gasteiger partial charge is 0.462 e. The van der Waals surface area contributed by atoms with Gasteiger partial charge in [0.15, 0.2) is 0 Å². The van der Waals surface area contributed by atoms with Crippen molar-refractivity contribution in [2.45, 2.75) is 32.6 Å². The summed E-state index contributed by atoms with van der Waals surface area (Å²) in [7, 11) is 0. The van der Waals surface area contributed by atoms with Gasteiger partial charge in [0.1, 0.15) is 5.75 Å². The maximum Gasteiger partial charge on any atom is 0.412 e. The van der Waals surface area contributed by atoms with Crippen molar-refractivity contribution in [2.24, 2.45) is 0 Å². The van der Waals surface area contributed by atoms with Gasteiger partial charge in [0.2, 0.25) is 0 Å². The fourth-order valence-corrected chi connectivity index (χ4v) is 2.74. The zero-order chi connectivity index (χ0) is 23.2. The Morgan fingerprint density at radius 3 is 2.19 bits per heavy atom. The molecule has 0 bridgehead atoms. The van der Waals surface area contributed by atoms with Crippen LogP contribution in [0.15, 0.2) is 54.6 Å². The molecule has 32 heavy (non-hydrogen) atoms. The fourth-order valence-electron chi connectivity index (χ4n) is 2.74. The third-order valence-electron chi connectivity index (χ3n) is 4.43. The smallest absolute Gasteiger partial charge is 0.412 e. The van der Waals surface area contributed by atoms with E-state index in [2.05, 4.69) is 17.2 Å². The van der Waals surface area contributed by atoms with Gasteiger partial charge in [-0.3, -0.25) is 0 Å². The number of carbonyl (C=O) groups is 3. The maximum atomic E-state index is 11.9. The van der Waals surface area contributed by atoms with Gasteiger partial charge in [-0.1, -0.05) is 36.9 Å². The molecule has 0 atom stereocenters. The summed E-state index contributed by atoms with van der Waals surface area (Å²) < 4.78 is 15.2. The molecule has 0 radical (unpaired) electrons. The topological polar surface area (TPSA) is 103 Å². The van der Waals surface area contributed by atoms with Crippen LogP contribution in [0.3, 0.4) is 0 Å². The first-order valence-electron chi connectivity index (χ1n) is 10.6. The van der Waals surface area contributed by atoms with Crippen molar-refractivity contribution >= 4 is 28.9 Å². The van der Waals surface area contributed by atoms with Crippen molar-refractivity contribution in [3.05, 3.63) is 54.6 Å². The highest BCUT2D eigenvalue weighted by Gasteiger charge is 2.06. The first kappa shape index (κ1) is 24.7. The number of hydrogen-bond acceptors (Lipinski definition) is 6. The number of alkyl carbamates (subject to hydrolysis) is 1. The van der Waals surface area contributed by atoms with Gasteiger partial charge < -0.3 is 24.8 Å². The predicted octanol–water partition coefficient (Wildman–Crippen LogP) is 4.33. The molecule has 0 aromatic heterocycles. The Bertz CT molecular complexity index is 928. The lowest BCUT2D eigenvalue weighted by atomic mass is 10.1. The maximum absolute atomic E-state index is 11.9. The van der Waals surface area contributed by atoms with Crippen LogP contribution in [0.1, 0.15) is 32.6 Å². The van der Waals surface area contributed by atoms with Crippen LogP contribution in [-0.2, 0) is 14.3 Å². The number of ether oxygens (including phenoxy) is 3. The lowest BCUT2D eigenvalue weighted by Crippen LogP contribution is -2.28. The molecule has 0 saturated heterocycles. The highest BCUT2D eigenvalue weighted by atomic mass is 16.6. The minimum atomic E-state index is -0.506. The Kier molecular flexibility index (Phi) is 10.6. The number of rotatable bonds is 12. The molecule has 2 rings (SSSR count). The van der Waals surface area contributed by atoms with E-state index in [0.29, 0.717) is 30.8 Å². The number of unbranched alkanes of at least 4 members (excludes halogenated alkanes) is 2. The standard InChI is InChI=1S/C24H30N2O6/c1-18(2)22(27)30-15-8-16-31-23(28)25-13-6-3-7-14-26-24(29)32-21-12-11-19-9-4-5-10-20(19)17-21/h4-5,9-12,17H,1,3,6-8,13-16H2,2H3,(H,25,28)(H,26,29). The number of nitrogens with one attached hydrogen (secondary N) is 2. The minimum absolute atomic E-state index is 0.165. The molecule has 0 aliphatic carbocycles. The zero-order valence-electron chi connectivity index (χ0n) is 18.4. The van der Waals surface area contributed by atoms with Crippen LogP contribution in [0.4, 0.5) is 9.59 Å². The summed E-state index contributed by atoms with van der Waals surface area (Å²) in [5.41, 5.74) is 0.334. The first-order chi connectivity index (χ1) is 15.5. The second-order valence-electron chi connectivity index (χ2n) is 7.22. The molecule has 0 fully saturated rings. The van der Waals surface area contributed by atoms with E-state index in [1.54, 1.807) is 13.0 Å².